The molecule has 2 N–H and O–H groups in total. The van der Waals surface area contributed by atoms with Gasteiger partial charge in [-0.15, -0.1) is 0 Å². The standard InChI is InChI=1S/C14H21BrF3N3/c1-8-13(15)12(21(2)20-8)7-11(19)9-5-3-4-6-10(9)14(16,17)18/h9-11H,3-7,19H2,1-2H3. The van der Waals surface area contributed by atoms with Gasteiger partial charge < -0.3 is 5.73 Å². The monoisotopic (exact) mass is 367 g/mol. The van der Waals surface area contributed by atoms with Crippen LogP contribution in [0, 0.1) is 18.8 Å². The van der Waals surface area contributed by atoms with Gasteiger partial charge in [-0.2, -0.15) is 18.3 Å². The third kappa shape index (κ3) is 3.62. The molecule has 2 rings (SSSR count). The molecule has 1 aromatic rings. The normalized spacial score (nSPS) is 25.1. The van der Waals surface area contributed by atoms with Crippen molar-refractivity contribution in [2.45, 2.75) is 51.2 Å². The van der Waals surface area contributed by atoms with Crippen molar-refractivity contribution in [3.8, 4) is 0 Å². The van der Waals surface area contributed by atoms with Crippen molar-refractivity contribution in [1.82, 2.24) is 9.78 Å². The Balaban J connectivity index is 2.16. The highest BCUT2D eigenvalue weighted by Crippen LogP contribution is 2.43. The molecule has 3 nitrogen and oxygen atoms in total. The van der Waals surface area contributed by atoms with Crippen molar-refractivity contribution in [3.05, 3.63) is 15.9 Å². The minimum Gasteiger partial charge on any atom is -0.327 e. The molecule has 0 aliphatic heterocycles. The van der Waals surface area contributed by atoms with Gasteiger partial charge in [0.2, 0.25) is 0 Å². The van der Waals surface area contributed by atoms with Crippen molar-refractivity contribution in [1.29, 1.82) is 0 Å². The predicted molar refractivity (Wildman–Crippen MR) is 78.8 cm³/mol. The van der Waals surface area contributed by atoms with Crippen LogP contribution in [0.5, 0.6) is 0 Å². The van der Waals surface area contributed by atoms with Crippen molar-refractivity contribution in [3.63, 3.8) is 0 Å². The number of aromatic nitrogens is 2. The van der Waals surface area contributed by atoms with Crippen molar-refractivity contribution in [2.75, 3.05) is 0 Å². The van der Waals surface area contributed by atoms with Crippen LogP contribution in [0.25, 0.3) is 0 Å². The van der Waals surface area contributed by atoms with Gasteiger partial charge >= 0.3 is 6.18 Å². The maximum Gasteiger partial charge on any atom is 0.392 e. The molecule has 0 aromatic carbocycles. The second-order valence-corrected chi connectivity index (χ2v) is 6.73. The van der Waals surface area contributed by atoms with E-state index in [0.29, 0.717) is 19.3 Å². The zero-order valence-electron chi connectivity index (χ0n) is 12.3. The Morgan fingerprint density at radius 1 is 1.38 bits per heavy atom. The van der Waals surface area contributed by atoms with E-state index in [1.165, 1.54) is 0 Å². The van der Waals surface area contributed by atoms with Gasteiger partial charge in [0.05, 0.1) is 21.8 Å². The van der Waals surface area contributed by atoms with E-state index >= 15 is 0 Å². The predicted octanol–water partition coefficient (Wildman–Crippen LogP) is 3.73. The van der Waals surface area contributed by atoms with E-state index in [2.05, 4.69) is 21.0 Å². The zero-order chi connectivity index (χ0) is 15.8. The highest BCUT2D eigenvalue weighted by molar-refractivity contribution is 9.10. The molecule has 0 radical (unpaired) electrons. The molecule has 1 fully saturated rings. The Morgan fingerprint density at radius 2 is 2.00 bits per heavy atom. The van der Waals surface area contributed by atoms with Gasteiger partial charge in [0.25, 0.3) is 0 Å². The van der Waals surface area contributed by atoms with Crippen LogP contribution < -0.4 is 5.73 Å². The third-order valence-electron chi connectivity index (χ3n) is 4.48. The average molecular weight is 368 g/mol. The quantitative estimate of drug-likeness (QED) is 0.884. The lowest BCUT2D eigenvalue weighted by Crippen LogP contribution is -2.44. The van der Waals surface area contributed by atoms with E-state index in [-0.39, 0.29) is 6.42 Å². The minimum absolute atomic E-state index is 0.202. The lowest BCUT2D eigenvalue weighted by atomic mass is 9.74. The number of aryl methyl sites for hydroxylation is 2. The summed E-state index contributed by atoms with van der Waals surface area (Å²) in [4.78, 5) is 0. The summed E-state index contributed by atoms with van der Waals surface area (Å²) in [6.07, 6.45) is -1.51. The fraction of sp³-hybridized carbons (Fsp3) is 0.786. The van der Waals surface area contributed by atoms with Crippen molar-refractivity contribution in [2.24, 2.45) is 24.6 Å². The topological polar surface area (TPSA) is 43.8 Å². The molecule has 1 heterocycles. The maximum atomic E-state index is 13.2. The minimum atomic E-state index is -4.15. The molecule has 7 heteroatoms. The summed E-state index contributed by atoms with van der Waals surface area (Å²) in [7, 11) is 1.79. The lowest BCUT2D eigenvalue weighted by Gasteiger charge is -2.36. The summed E-state index contributed by atoms with van der Waals surface area (Å²) >= 11 is 3.45. The first kappa shape index (κ1) is 16.8. The van der Waals surface area contributed by atoms with Crippen LogP contribution in [0.2, 0.25) is 0 Å². The highest BCUT2D eigenvalue weighted by atomic mass is 79.9. The Morgan fingerprint density at radius 3 is 2.52 bits per heavy atom. The molecular formula is C14H21BrF3N3. The van der Waals surface area contributed by atoms with E-state index in [1.54, 1.807) is 11.7 Å². The van der Waals surface area contributed by atoms with Crippen LogP contribution in [0.1, 0.15) is 37.1 Å². The first-order chi connectivity index (χ1) is 9.71. The van der Waals surface area contributed by atoms with Crippen LogP contribution in [0.4, 0.5) is 13.2 Å². The van der Waals surface area contributed by atoms with Gasteiger partial charge in [-0.25, -0.2) is 0 Å². The van der Waals surface area contributed by atoms with Crippen LogP contribution in [0.15, 0.2) is 4.47 Å². The van der Waals surface area contributed by atoms with E-state index in [4.69, 9.17) is 5.73 Å². The molecule has 1 aromatic heterocycles. The molecule has 3 unspecified atom stereocenters. The van der Waals surface area contributed by atoms with Crippen LogP contribution >= 0.6 is 15.9 Å². The summed E-state index contributed by atoms with van der Waals surface area (Å²) in [6, 6.07) is -0.497. The number of nitrogens with two attached hydrogens (primary N) is 1. The highest BCUT2D eigenvalue weighted by Gasteiger charge is 2.47. The van der Waals surface area contributed by atoms with Gasteiger partial charge in [0.15, 0.2) is 0 Å². The van der Waals surface area contributed by atoms with Gasteiger partial charge in [0.1, 0.15) is 0 Å². The van der Waals surface area contributed by atoms with Crippen molar-refractivity contribution < 1.29 is 13.2 Å². The summed E-state index contributed by atoms with van der Waals surface area (Å²) in [5.41, 5.74) is 7.85. The largest absolute Gasteiger partial charge is 0.392 e. The molecule has 1 aliphatic carbocycles. The number of nitrogens with zero attached hydrogens (tertiary/aromatic N) is 2. The van der Waals surface area contributed by atoms with Gasteiger partial charge in [-0.3, -0.25) is 4.68 Å². The van der Waals surface area contributed by atoms with Crippen LogP contribution in [-0.4, -0.2) is 22.0 Å². The number of hydrogen-bond donors (Lipinski definition) is 1. The number of halogens is 4. The first-order valence-corrected chi connectivity index (χ1v) is 8.01. The molecule has 0 saturated heterocycles. The van der Waals surface area contributed by atoms with Crippen LogP contribution in [-0.2, 0) is 13.5 Å². The fourth-order valence-electron chi connectivity index (χ4n) is 3.35. The summed E-state index contributed by atoms with van der Waals surface area (Å²) < 4.78 is 42.1. The molecule has 120 valence electrons. The van der Waals surface area contributed by atoms with Gasteiger partial charge in [-0.05, 0) is 41.6 Å². The van der Waals surface area contributed by atoms with Gasteiger partial charge in [0, 0.05) is 19.5 Å². The van der Waals surface area contributed by atoms with E-state index in [9.17, 15) is 13.2 Å². The molecule has 0 spiro atoms. The summed E-state index contributed by atoms with van der Waals surface area (Å²) in [5, 5.41) is 4.27. The molecule has 21 heavy (non-hydrogen) atoms. The molecule has 0 amide bonds. The summed E-state index contributed by atoms with van der Waals surface area (Å²) in [5.74, 6) is -1.77. The van der Waals surface area contributed by atoms with E-state index < -0.39 is 24.1 Å². The van der Waals surface area contributed by atoms with Gasteiger partial charge in [-0.1, -0.05) is 12.8 Å². The molecule has 1 saturated carbocycles. The first-order valence-electron chi connectivity index (χ1n) is 7.22. The zero-order valence-corrected chi connectivity index (χ0v) is 13.8. The Kier molecular flexibility index (Phi) is 5.03. The number of hydrogen-bond acceptors (Lipinski definition) is 2. The number of rotatable bonds is 3. The average Bonchev–Trinajstić information content (AvgIpc) is 2.64. The smallest absolute Gasteiger partial charge is 0.327 e. The van der Waals surface area contributed by atoms with E-state index in [0.717, 1.165) is 22.3 Å². The maximum absolute atomic E-state index is 13.2. The molecule has 3 atom stereocenters. The molecule has 0 bridgehead atoms. The Hall–Kier alpha value is -0.560. The van der Waals surface area contributed by atoms with E-state index in [1.807, 2.05) is 6.92 Å². The second kappa shape index (κ2) is 6.28. The van der Waals surface area contributed by atoms with Crippen molar-refractivity contribution >= 4 is 15.9 Å². The SMILES string of the molecule is Cc1nn(C)c(CC(N)C2CCCCC2C(F)(F)F)c1Br. The Bertz CT molecular complexity index is 498. The summed E-state index contributed by atoms with van der Waals surface area (Å²) in [6.45, 7) is 1.86. The lowest BCUT2D eigenvalue weighted by molar-refractivity contribution is -0.198. The number of alkyl halides is 3. The molecule has 1 aliphatic rings. The second-order valence-electron chi connectivity index (χ2n) is 5.93. The third-order valence-corrected chi connectivity index (χ3v) is 5.51. The van der Waals surface area contributed by atoms with Crippen LogP contribution in [0.3, 0.4) is 0 Å². The Labute approximate surface area is 131 Å². The molecular weight excluding hydrogens is 347 g/mol. The fourth-order valence-corrected chi connectivity index (χ4v) is 3.85.